The number of hydrogen-bond acceptors (Lipinski definition) is 12. The minimum atomic E-state index is -4.30. The predicted octanol–water partition coefficient (Wildman–Crippen LogP) is 2.50. The Morgan fingerprint density at radius 1 is 0.685 bits per heavy atom. The van der Waals surface area contributed by atoms with Gasteiger partial charge in [0.2, 0.25) is 11.9 Å². The lowest BCUT2D eigenvalue weighted by Gasteiger charge is -2.06. The summed E-state index contributed by atoms with van der Waals surface area (Å²) in [5, 5.41) is 43.5. The van der Waals surface area contributed by atoms with E-state index in [2.05, 4.69) is 21.1 Å². The van der Waals surface area contributed by atoms with Crippen LogP contribution < -0.4 is 22.3 Å². The zero-order chi connectivity index (χ0) is 40.3. The average molecular weight is 787 g/mol. The number of guanidine groups is 2. The number of nitrogens with one attached hydrogen (secondary N) is 4. The molecule has 2 heterocycles. The molecule has 2 aromatic carbocycles. The number of hydrogen-bond donors (Lipinski definition) is 8. The van der Waals surface area contributed by atoms with Crippen molar-refractivity contribution >= 4 is 68.1 Å². The first-order valence-electron chi connectivity index (χ1n) is 14.7. The topological polar surface area (TPSA) is 353 Å². The molecule has 0 aliphatic heterocycles. The molecule has 0 unspecified atom stereocenters. The molecule has 0 fully saturated rings. The van der Waals surface area contributed by atoms with Gasteiger partial charge in [0.25, 0.3) is 31.6 Å². The Morgan fingerprint density at radius 2 is 1.04 bits per heavy atom. The number of nitrogens with two attached hydrogens (primary N) is 2. The Bertz CT molecular complexity index is 2120. The van der Waals surface area contributed by atoms with Crippen molar-refractivity contribution in [2.45, 2.75) is 0 Å². The smallest absolute Gasteiger partial charge is 0.293 e. The zero-order valence-electron chi connectivity index (χ0n) is 27.8. The molecule has 0 atom stereocenters. The second-order valence-corrected chi connectivity index (χ2v) is 13.1. The predicted molar refractivity (Wildman–Crippen MR) is 203 cm³/mol. The summed E-state index contributed by atoms with van der Waals surface area (Å²) in [5.74, 6) is -2.47. The van der Waals surface area contributed by atoms with E-state index in [9.17, 15) is 37.1 Å². The van der Waals surface area contributed by atoms with Crippen LogP contribution in [0, 0.1) is 31.0 Å². The van der Waals surface area contributed by atoms with E-state index >= 15 is 0 Å². The molecule has 286 valence electrons. The summed E-state index contributed by atoms with van der Waals surface area (Å²) in [7, 11) is -8.59. The van der Waals surface area contributed by atoms with E-state index in [0.717, 1.165) is 11.4 Å². The van der Waals surface area contributed by atoms with Crippen LogP contribution in [0.1, 0.15) is 11.4 Å². The lowest BCUT2D eigenvalue weighted by molar-refractivity contribution is -0.384. The largest absolute Gasteiger partial charge is 0.369 e. The highest BCUT2D eigenvalue weighted by Gasteiger charge is 2.16. The minimum absolute atomic E-state index is 0.0280. The monoisotopic (exact) mass is 786 g/mol. The summed E-state index contributed by atoms with van der Waals surface area (Å²) in [6, 6.07) is 20.2. The average Bonchev–Trinajstić information content (AvgIpc) is 3.77. The van der Waals surface area contributed by atoms with Crippen molar-refractivity contribution in [1.82, 2.24) is 20.0 Å². The Hall–Kier alpha value is -7.02. The number of nitro benzene ring substituents is 2. The van der Waals surface area contributed by atoms with Crippen molar-refractivity contribution in [3.05, 3.63) is 129 Å². The molecule has 0 saturated carbocycles. The molecule has 0 saturated heterocycles. The van der Waals surface area contributed by atoms with E-state index in [1.54, 1.807) is 94.4 Å². The number of nitro groups is 2. The molecular weight excluding hydrogens is 753 g/mol. The van der Waals surface area contributed by atoms with Crippen LogP contribution in [0.5, 0.6) is 0 Å². The molecule has 4 rings (SSSR count). The Kier molecular flexibility index (Phi) is 16.6. The van der Waals surface area contributed by atoms with Crippen LogP contribution in [-0.2, 0) is 20.2 Å². The van der Waals surface area contributed by atoms with Crippen LogP contribution in [0.15, 0.2) is 108 Å². The van der Waals surface area contributed by atoms with Crippen LogP contribution in [0.3, 0.4) is 0 Å². The highest BCUT2D eigenvalue weighted by atomic mass is 32.2. The van der Waals surface area contributed by atoms with Crippen molar-refractivity contribution in [2.24, 2.45) is 21.7 Å². The molecule has 2 aromatic heterocycles. The van der Waals surface area contributed by atoms with E-state index in [0.29, 0.717) is 11.4 Å². The van der Waals surface area contributed by atoms with Gasteiger partial charge in [0.15, 0.2) is 0 Å². The SMILES string of the molecule is N=C(N)N/N=C/C=C/c1cccn1-c1ccccc1[N+](=O)[O-].N=C(N)N/N=C/C=C/c1cccn1-c1ccccc1[N+](=O)[O-].O=S(=O)(O)CCS(=O)(=O)O. The molecule has 0 amide bonds. The van der Waals surface area contributed by atoms with Crippen LogP contribution in [0.25, 0.3) is 23.5 Å². The van der Waals surface area contributed by atoms with Crippen molar-refractivity contribution in [3.63, 3.8) is 0 Å². The second-order valence-electron chi connectivity index (χ2n) is 10.00. The second kappa shape index (κ2) is 20.7. The van der Waals surface area contributed by atoms with E-state index in [1.807, 2.05) is 12.1 Å². The zero-order valence-corrected chi connectivity index (χ0v) is 29.4. The lowest BCUT2D eigenvalue weighted by Crippen LogP contribution is -2.25. The van der Waals surface area contributed by atoms with Gasteiger partial charge in [-0.3, -0.25) is 40.2 Å². The summed E-state index contributed by atoms with van der Waals surface area (Å²) >= 11 is 0. The number of hydrazone groups is 2. The van der Waals surface area contributed by atoms with Gasteiger partial charge >= 0.3 is 0 Å². The van der Waals surface area contributed by atoms with E-state index in [1.165, 1.54) is 24.6 Å². The van der Waals surface area contributed by atoms with Crippen LogP contribution in [0.4, 0.5) is 11.4 Å². The van der Waals surface area contributed by atoms with Gasteiger partial charge in [0.1, 0.15) is 11.4 Å². The lowest BCUT2D eigenvalue weighted by atomic mass is 10.2. The highest BCUT2D eigenvalue weighted by Crippen LogP contribution is 2.25. The fourth-order valence-corrected chi connectivity index (χ4v) is 5.62. The molecule has 54 heavy (non-hydrogen) atoms. The number of allylic oxidation sites excluding steroid dienone is 2. The fourth-order valence-electron chi connectivity index (χ4n) is 3.94. The molecule has 0 aliphatic carbocycles. The van der Waals surface area contributed by atoms with Gasteiger partial charge in [0.05, 0.1) is 21.4 Å². The van der Waals surface area contributed by atoms with E-state index in [4.69, 9.17) is 31.4 Å². The number of nitrogens with zero attached hydrogens (tertiary/aromatic N) is 6. The van der Waals surface area contributed by atoms with Gasteiger partial charge in [-0.25, -0.2) is 10.9 Å². The Labute approximate surface area is 307 Å². The van der Waals surface area contributed by atoms with E-state index < -0.39 is 41.6 Å². The third-order valence-corrected chi connectivity index (χ3v) is 7.76. The molecule has 0 bridgehead atoms. The van der Waals surface area contributed by atoms with Crippen LogP contribution >= 0.6 is 0 Å². The summed E-state index contributed by atoms with van der Waals surface area (Å²) in [5.41, 5.74) is 17.2. The Balaban J connectivity index is 0.000000301. The van der Waals surface area contributed by atoms with E-state index in [-0.39, 0.29) is 23.3 Å². The molecule has 4 aromatic rings. The molecule has 10 N–H and O–H groups in total. The normalized spacial score (nSPS) is 11.5. The first kappa shape index (κ1) is 43.1. The number of benzene rings is 2. The molecular formula is C30H34N12O10S2. The van der Waals surface area contributed by atoms with Crippen molar-refractivity contribution < 1.29 is 35.8 Å². The first-order valence-corrected chi connectivity index (χ1v) is 17.9. The first-order chi connectivity index (χ1) is 25.4. The van der Waals surface area contributed by atoms with Gasteiger partial charge < -0.3 is 20.6 Å². The maximum Gasteiger partial charge on any atom is 0.293 e. The molecule has 0 aliphatic rings. The van der Waals surface area contributed by atoms with Crippen molar-refractivity contribution in [2.75, 3.05) is 11.5 Å². The Morgan fingerprint density at radius 3 is 1.35 bits per heavy atom. The standard InChI is InChI=1S/2C14H14N6O2.C2H6O6S2/c2*15-14(16)18-17-9-3-5-11-6-4-10-19(11)12-7-1-2-8-13(12)20(21)22;3-9(4,5)1-2-10(6,7)8/h2*1-10H,(H4,15,16,18);1-2H2,(H,3,4,5)(H,6,7,8)/b2*5-3+,17-9+;. The van der Waals surface area contributed by atoms with Gasteiger partial charge in [-0.05, 0) is 60.7 Å². The highest BCUT2D eigenvalue weighted by molar-refractivity contribution is 7.89. The van der Waals surface area contributed by atoms with Gasteiger partial charge in [-0.2, -0.15) is 27.0 Å². The summed E-state index contributed by atoms with van der Waals surface area (Å²) in [4.78, 5) is 21.4. The van der Waals surface area contributed by atoms with Crippen LogP contribution in [-0.4, -0.2) is 80.8 Å². The van der Waals surface area contributed by atoms with Crippen LogP contribution in [0.2, 0.25) is 0 Å². The van der Waals surface area contributed by atoms with Crippen molar-refractivity contribution in [1.29, 1.82) is 10.8 Å². The van der Waals surface area contributed by atoms with Gasteiger partial charge in [0, 0.05) is 48.3 Å². The quantitative estimate of drug-likeness (QED) is 0.0317. The summed E-state index contributed by atoms with van der Waals surface area (Å²) in [6.45, 7) is 0. The minimum Gasteiger partial charge on any atom is -0.369 e. The fraction of sp³-hybridized carbons (Fsp3) is 0.0667. The van der Waals surface area contributed by atoms with Gasteiger partial charge in [-0.15, -0.1) is 0 Å². The third kappa shape index (κ3) is 15.9. The maximum absolute atomic E-state index is 11.1. The van der Waals surface area contributed by atoms with Gasteiger partial charge in [-0.1, -0.05) is 24.3 Å². The summed E-state index contributed by atoms with van der Waals surface area (Å²) in [6.07, 6.45) is 13.1. The molecule has 0 radical (unpaired) electrons. The number of para-hydroxylation sites is 4. The maximum atomic E-state index is 11.1. The number of rotatable bonds is 13. The molecule has 24 heteroatoms. The van der Waals surface area contributed by atoms with Crippen molar-refractivity contribution in [3.8, 4) is 11.4 Å². The summed E-state index contributed by atoms with van der Waals surface area (Å²) < 4.78 is 58.8. The molecule has 0 spiro atoms. The molecule has 22 nitrogen and oxygen atoms in total. The number of aromatic nitrogens is 2. The third-order valence-electron chi connectivity index (χ3n) is 6.06.